The highest BCUT2D eigenvalue weighted by Crippen LogP contribution is 2.34. The zero-order chi connectivity index (χ0) is 28.1. The molecule has 0 amide bonds. The van der Waals surface area contributed by atoms with Crippen LogP contribution in [0.25, 0.3) is 17.1 Å². The van der Waals surface area contributed by atoms with Gasteiger partial charge in [0.05, 0.1) is 11.9 Å². The van der Waals surface area contributed by atoms with E-state index in [-0.39, 0.29) is 5.75 Å². The lowest BCUT2D eigenvalue weighted by molar-refractivity contribution is -0.274. The SMILES string of the molecule is CCC(C)c1ccccc1N1CCSC1=NN=Cc1ccc(-c2ncn(-c3ccc(OC(F)(F)F)cc3)n2)cc1. The van der Waals surface area contributed by atoms with E-state index in [4.69, 9.17) is 0 Å². The fourth-order valence-electron chi connectivity index (χ4n) is 4.26. The lowest BCUT2D eigenvalue weighted by atomic mass is 9.96. The lowest BCUT2D eigenvalue weighted by Gasteiger charge is -2.23. The highest BCUT2D eigenvalue weighted by molar-refractivity contribution is 8.14. The van der Waals surface area contributed by atoms with E-state index in [1.165, 1.54) is 46.5 Å². The Bertz CT molecular complexity index is 1500. The Morgan fingerprint density at radius 3 is 2.52 bits per heavy atom. The summed E-state index contributed by atoms with van der Waals surface area (Å²) in [6.45, 7) is 5.34. The minimum Gasteiger partial charge on any atom is -0.406 e. The zero-order valence-corrected chi connectivity index (χ0v) is 22.7. The zero-order valence-electron chi connectivity index (χ0n) is 21.9. The van der Waals surface area contributed by atoms with E-state index in [9.17, 15) is 13.2 Å². The molecule has 0 saturated carbocycles. The van der Waals surface area contributed by atoms with Gasteiger partial charge in [-0.15, -0.1) is 23.4 Å². The van der Waals surface area contributed by atoms with Crippen molar-refractivity contribution in [3.63, 3.8) is 0 Å². The van der Waals surface area contributed by atoms with E-state index in [0.717, 1.165) is 35.0 Å². The summed E-state index contributed by atoms with van der Waals surface area (Å²) in [5.41, 5.74) is 4.74. The van der Waals surface area contributed by atoms with Gasteiger partial charge in [0.15, 0.2) is 11.0 Å². The number of amidine groups is 1. The van der Waals surface area contributed by atoms with Crippen LogP contribution in [-0.4, -0.2) is 44.8 Å². The normalized spacial score (nSPS) is 15.7. The number of halogens is 3. The third kappa shape index (κ3) is 6.53. The lowest BCUT2D eigenvalue weighted by Crippen LogP contribution is -2.25. The van der Waals surface area contributed by atoms with Crippen molar-refractivity contribution in [1.29, 1.82) is 0 Å². The molecule has 40 heavy (non-hydrogen) atoms. The van der Waals surface area contributed by atoms with Gasteiger partial charge in [-0.2, -0.15) is 5.10 Å². The Labute approximate surface area is 234 Å². The number of nitrogens with zero attached hydrogens (tertiary/aromatic N) is 6. The molecule has 0 N–H and O–H groups in total. The first-order valence-corrected chi connectivity index (χ1v) is 13.8. The molecule has 11 heteroatoms. The molecule has 4 aromatic rings. The van der Waals surface area contributed by atoms with Crippen LogP contribution in [0.4, 0.5) is 18.9 Å². The molecule has 0 aliphatic carbocycles. The quantitative estimate of drug-likeness (QED) is 0.166. The number of rotatable bonds is 8. The van der Waals surface area contributed by atoms with Crippen molar-refractivity contribution in [3.05, 3.63) is 90.3 Å². The van der Waals surface area contributed by atoms with Crippen LogP contribution in [0.1, 0.15) is 37.3 Å². The number of benzene rings is 3. The molecule has 1 unspecified atom stereocenters. The van der Waals surface area contributed by atoms with Gasteiger partial charge in [-0.1, -0.05) is 68.1 Å². The molecule has 1 aliphatic heterocycles. The minimum absolute atomic E-state index is 0.297. The molecule has 1 saturated heterocycles. The molecule has 206 valence electrons. The van der Waals surface area contributed by atoms with Crippen LogP contribution in [-0.2, 0) is 0 Å². The maximum absolute atomic E-state index is 12.4. The summed E-state index contributed by atoms with van der Waals surface area (Å²) in [5.74, 6) is 1.61. The van der Waals surface area contributed by atoms with E-state index < -0.39 is 6.36 Å². The van der Waals surface area contributed by atoms with Gasteiger partial charge in [-0.3, -0.25) is 0 Å². The number of alkyl halides is 3. The molecule has 0 bridgehead atoms. The largest absolute Gasteiger partial charge is 0.573 e. The highest BCUT2D eigenvalue weighted by Gasteiger charge is 2.31. The summed E-state index contributed by atoms with van der Waals surface area (Å²) in [6, 6.07) is 21.5. The summed E-state index contributed by atoms with van der Waals surface area (Å²) in [5, 5.41) is 14.2. The summed E-state index contributed by atoms with van der Waals surface area (Å²) in [7, 11) is 0. The van der Waals surface area contributed by atoms with Crippen LogP contribution in [0.15, 0.2) is 89.3 Å². The summed E-state index contributed by atoms with van der Waals surface area (Å²) in [6.07, 6.45) is -0.445. The molecule has 1 fully saturated rings. The minimum atomic E-state index is -4.74. The molecule has 5 rings (SSSR count). The van der Waals surface area contributed by atoms with Crippen LogP contribution in [0.3, 0.4) is 0 Å². The number of aromatic nitrogens is 3. The predicted molar refractivity (Wildman–Crippen MR) is 153 cm³/mol. The average Bonchev–Trinajstić information content (AvgIpc) is 3.63. The number of anilines is 1. The molecule has 7 nitrogen and oxygen atoms in total. The van der Waals surface area contributed by atoms with E-state index in [1.807, 2.05) is 24.3 Å². The van der Waals surface area contributed by atoms with Gasteiger partial charge in [0.2, 0.25) is 0 Å². The van der Waals surface area contributed by atoms with E-state index in [2.05, 4.69) is 68.0 Å². The van der Waals surface area contributed by atoms with Crippen LogP contribution >= 0.6 is 11.8 Å². The number of thioether (sulfide) groups is 1. The van der Waals surface area contributed by atoms with Gasteiger partial charge in [-0.05, 0) is 53.8 Å². The number of hydrogen-bond donors (Lipinski definition) is 0. The van der Waals surface area contributed by atoms with Gasteiger partial charge in [-0.25, -0.2) is 9.67 Å². The highest BCUT2D eigenvalue weighted by atomic mass is 32.2. The van der Waals surface area contributed by atoms with Crippen LogP contribution in [0.5, 0.6) is 5.75 Å². The van der Waals surface area contributed by atoms with Gasteiger partial charge in [0.1, 0.15) is 12.1 Å². The first kappa shape index (κ1) is 27.4. The van der Waals surface area contributed by atoms with Crippen molar-refractivity contribution < 1.29 is 17.9 Å². The topological polar surface area (TPSA) is 67.9 Å². The van der Waals surface area contributed by atoms with Crippen molar-refractivity contribution in [3.8, 4) is 22.8 Å². The Kier molecular flexibility index (Phi) is 8.20. The number of para-hydroxylation sites is 1. The molecule has 0 radical (unpaired) electrons. The molecule has 1 atom stereocenters. The van der Waals surface area contributed by atoms with Crippen molar-refractivity contribution in [1.82, 2.24) is 14.8 Å². The maximum Gasteiger partial charge on any atom is 0.573 e. The van der Waals surface area contributed by atoms with E-state index in [1.54, 1.807) is 18.0 Å². The van der Waals surface area contributed by atoms with Crippen LogP contribution in [0, 0.1) is 0 Å². The van der Waals surface area contributed by atoms with Crippen molar-refractivity contribution in [2.45, 2.75) is 32.5 Å². The monoisotopic (exact) mass is 564 g/mol. The summed E-state index contributed by atoms with van der Waals surface area (Å²) >= 11 is 1.70. The third-order valence-electron chi connectivity index (χ3n) is 6.49. The molecule has 0 spiro atoms. The fourth-order valence-corrected chi connectivity index (χ4v) is 5.17. The Balaban J connectivity index is 1.25. The maximum atomic E-state index is 12.4. The van der Waals surface area contributed by atoms with Gasteiger partial charge < -0.3 is 9.64 Å². The summed E-state index contributed by atoms with van der Waals surface area (Å²) in [4.78, 5) is 6.57. The molecular formula is C29H27F3N6OS. The van der Waals surface area contributed by atoms with Gasteiger partial charge in [0, 0.05) is 23.5 Å². The predicted octanol–water partition coefficient (Wildman–Crippen LogP) is 7.29. The van der Waals surface area contributed by atoms with Crippen molar-refractivity contribution in [2.24, 2.45) is 10.2 Å². The number of hydrogen-bond acceptors (Lipinski definition) is 6. The fraction of sp³-hybridized carbons (Fsp3) is 0.241. The standard InChI is InChI=1S/C29H27F3N6OS/c1-3-20(2)25-6-4-5-7-26(25)37-16-17-40-28(37)35-34-18-21-8-10-22(11-9-21)27-33-19-38(36-27)23-12-14-24(15-13-23)39-29(30,31)32/h4-15,18-20H,3,16-17H2,1-2H3. The van der Waals surface area contributed by atoms with Crippen LogP contribution in [0.2, 0.25) is 0 Å². The second kappa shape index (κ2) is 12.0. The molecule has 3 aromatic carbocycles. The van der Waals surface area contributed by atoms with Crippen molar-refractivity contribution >= 4 is 28.8 Å². The average molecular weight is 565 g/mol. The van der Waals surface area contributed by atoms with E-state index >= 15 is 0 Å². The van der Waals surface area contributed by atoms with Crippen LogP contribution < -0.4 is 9.64 Å². The summed E-state index contributed by atoms with van der Waals surface area (Å²) < 4.78 is 42.6. The number of ether oxygens (including phenoxy) is 1. The third-order valence-corrected chi connectivity index (χ3v) is 7.44. The Morgan fingerprint density at radius 1 is 1.05 bits per heavy atom. The molecule has 1 aliphatic rings. The molecule has 2 heterocycles. The van der Waals surface area contributed by atoms with Gasteiger partial charge in [0.25, 0.3) is 0 Å². The Hall–Kier alpha value is -4.12. The second-order valence-corrected chi connectivity index (χ2v) is 10.2. The Morgan fingerprint density at radius 2 is 1.80 bits per heavy atom. The first-order valence-electron chi connectivity index (χ1n) is 12.8. The molecular weight excluding hydrogens is 537 g/mol. The van der Waals surface area contributed by atoms with Gasteiger partial charge >= 0.3 is 6.36 Å². The van der Waals surface area contributed by atoms with Crippen molar-refractivity contribution in [2.75, 3.05) is 17.2 Å². The first-order chi connectivity index (χ1) is 19.3. The second-order valence-electron chi connectivity index (χ2n) is 9.17. The molecule has 1 aromatic heterocycles. The van der Waals surface area contributed by atoms with E-state index in [0.29, 0.717) is 17.4 Å². The smallest absolute Gasteiger partial charge is 0.406 e.